The molecule has 1 aromatic carbocycles. The molecule has 94 valence electrons. The third-order valence-electron chi connectivity index (χ3n) is 2.85. The second kappa shape index (κ2) is 6.36. The van der Waals surface area contributed by atoms with Gasteiger partial charge in [-0.05, 0) is 43.4 Å². The van der Waals surface area contributed by atoms with Crippen molar-refractivity contribution in [1.82, 2.24) is 0 Å². The van der Waals surface area contributed by atoms with Crippen molar-refractivity contribution in [2.24, 2.45) is 0 Å². The first kappa shape index (κ1) is 12.8. The van der Waals surface area contributed by atoms with Crippen molar-refractivity contribution in [2.45, 2.75) is 25.7 Å². The number of hydrogen-bond acceptors (Lipinski definition) is 2. The Balaban J connectivity index is 1.73. The van der Waals surface area contributed by atoms with Gasteiger partial charge in [0.1, 0.15) is 4.88 Å². The van der Waals surface area contributed by atoms with Crippen molar-refractivity contribution in [1.29, 1.82) is 0 Å². The fraction of sp³-hybridized carbons (Fsp3) is 0.267. The molecular formula is C15H16O2S. The summed E-state index contributed by atoms with van der Waals surface area (Å²) in [5.41, 5.74) is 1.37. The largest absolute Gasteiger partial charge is 0.477 e. The third kappa shape index (κ3) is 3.70. The van der Waals surface area contributed by atoms with Crippen molar-refractivity contribution in [2.75, 3.05) is 0 Å². The Morgan fingerprint density at radius 2 is 1.72 bits per heavy atom. The lowest BCUT2D eigenvalue weighted by Crippen LogP contribution is -1.89. The van der Waals surface area contributed by atoms with E-state index < -0.39 is 5.97 Å². The van der Waals surface area contributed by atoms with Crippen LogP contribution in [0.1, 0.15) is 33.0 Å². The number of thiophene rings is 1. The molecule has 0 atom stereocenters. The highest BCUT2D eigenvalue weighted by atomic mass is 32.1. The van der Waals surface area contributed by atoms with E-state index in [-0.39, 0.29) is 0 Å². The highest BCUT2D eigenvalue weighted by Crippen LogP contribution is 2.19. The van der Waals surface area contributed by atoms with Gasteiger partial charge in [-0.25, -0.2) is 4.79 Å². The average Bonchev–Trinajstić information content (AvgIpc) is 2.85. The van der Waals surface area contributed by atoms with Gasteiger partial charge in [-0.15, -0.1) is 11.3 Å². The molecule has 2 rings (SSSR count). The average molecular weight is 260 g/mol. The van der Waals surface area contributed by atoms with Gasteiger partial charge in [-0.3, -0.25) is 0 Å². The van der Waals surface area contributed by atoms with Gasteiger partial charge in [0, 0.05) is 4.88 Å². The molecule has 18 heavy (non-hydrogen) atoms. The third-order valence-corrected chi connectivity index (χ3v) is 3.99. The minimum Gasteiger partial charge on any atom is -0.477 e. The van der Waals surface area contributed by atoms with Gasteiger partial charge in [0.2, 0.25) is 0 Å². The normalized spacial score (nSPS) is 10.4. The summed E-state index contributed by atoms with van der Waals surface area (Å²) >= 11 is 1.39. The molecule has 2 aromatic rings. The zero-order chi connectivity index (χ0) is 12.8. The Labute approximate surface area is 111 Å². The summed E-state index contributed by atoms with van der Waals surface area (Å²) < 4.78 is 0. The predicted octanol–water partition coefficient (Wildman–Crippen LogP) is 4.01. The highest BCUT2D eigenvalue weighted by molar-refractivity contribution is 7.13. The summed E-state index contributed by atoms with van der Waals surface area (Å²) in [6.45, 7) is 0. The number of aromatic carboxylic acids is 1. The number of hydrogen-bond donors (Lipinski definition) is 1. The van der Waals surface area contributed by atoms with E-state index >= 15 is 0 Å². The highest BCUT2D eigenvalue weighted by Gasteiger charge is 2.06. The Morgan fingerprint density at radius 1 is 1.00 bits per heavy atom. The van der Waals surface area contributed by atoms with E-state index in [9.17, 15) is 4.79 Å². The molecule has 1 aromatic heterocycles. The molecule has 1 N–H and O–H groups in total. The van der Waals surface area contributed by atoms with E-state index in [0.717, 1.165) is 25.7 Å². The van der Waals surface area contributed by atoms with E-state index in [1.807, 2.05) is 12.1 Å². The Kier molecular flexibility index (Phi) is 4.53. The van der Waals surface area contributed by atoms with Crippen LogP contribution in [0.4, 0.5) is 0 Å². The monoisotopic (exact) mass is 260 g/mol. The van der Waals surface area contributed by atoms with Crippen LogP contribution in [-0.4, -0.2) is 11.1 Å². The molecule has 0 aliphatic heterocycles. The van der Waals surface area contributed by atoms with Crippen molar-refractivity contribution >= 4 is 17.3 Å². The molecule has 0 radical (unpaired) electrons. The quantitative estimate of drug-likeness (QED) is 0.797. The van der Waals surface area contributed by atoms with Crippen LogP contribution in [0.2, 0.25) is 0 Å². The van der Waals surface area contributed by atoms with Gasteiger partial charge >= 0.3 is 5.97 Å². The summed E-state index contributed by atoms with van der Waals surface area (Å²) in [6, 6.07) is 14.1. The zero-order valence-corrected chi connectivity index (χ0v) is 11.0. The Hall–Kier alpha value is -1.61. The first-order valence-corrected chi connectivity index (χ1v) is 6.93. The van der Waals surface area contributed by atoms with E-state index in [1.165, 1.54) is 21.8 Å². The second-order valence-electron chi connectivity index (χ2n) is 4.26. The molecular weight excluding hydrogens is 244 g/mol. The molecule has 0 spiro atoms. The van der Waals surface area contributed by atoms with Crippen LogP contribution < -0.4 is 0 Å². The van der Waals surface area contributed by atoms with Crippen LogP contribution in [0.3, 0.4) is 0 Å². The molecule has 2 nitrogen and oxygen atoms in total. The van der Waals surface area contributed by atoms with Gasteiger partial charge in [0.25, 0.3) is 0 Å². The minimum absolute atomic E-state index is 0.438. The molecule has 0 bridgehead atoms. The molecule has 3 heteroatoms. The van der Waals surface area contributed by atoms with Crippen molar-refractivity contribution in [3.8, 4) is 0 Å². The van der Waals surface area contributed by atoms with Gasteiger partial charge in [-0.1, -0.05) is 30.3 Å². The molecule has 1 heterocycles. The van der Waals surface area contributed by atoms with Crippen molar-refractivity contribution in [3.05, 3.63) is 57.8 Å². The predicted molar refractivity (Wildman–Crippen MR) is 74.4 cm³/mol. The topological polar surface area (TPSA) is 37.3 Å². The minimum atomic E-state index is -0.824. The Morgan fingerprint density at radius 3 is 2.39 bits per heavy atom. The molecule has 0 saturated heterocycles. The maximum atomic E-state index is 10.7. The number of carboxylic acids is 1. The summed E-state index contributed by atoms with van der Waals surface area (Å²) in [5, 5.41) is 8.83. The SMILES string of the molecule is O=C(O)c1ccc(CCCCc2ccccc2)s1. The van der Waals surface area contributed by atoms with E-state index in [2.05, 4.69) is 24.3 Å². The molecule has 0 unspecified atom stereocenters. The number of benzene rings is 1. The number of carboxylic acid groups (broad SMARTS) is 1. The summed E-state index contributed by atoms with van der Waals surface area (Å²) in [4.78, 5) is 12.3. The first-order chi connectivity index (χ1) is 8.75. The van der Waals surface area contributed by atoms with Crippen LogP contribution in [0, 0.1) is 0 Å². The zero-order valence-electron chi connectivity index (χ0n) is 10.1. The number of unbranched alkanes of at least 4 members (excludes halogenated alkanes) is 1. The van der Waals surface area contributed by atoms with E-state index in [4.69, 9.17) is 5.11 Å². The summed E-state index contributed by atoms with van der Waals surface area (Å²) in [7, 11) is 0. The lowest BCUT2D eigenvalue weighted by Gasteiger charge is -2.00. The molecule has 0 aliphatic rings. The fourth-order valence-electron chi connectivity index (χ4n) is 1.90. The standard InChI is InChI=1S/C15H16O2S/c16-15(17)14-11-10-13(18-14)9-5-4-8-12-6-2-1-3-7-12/h1-3,6-7,10-11H,4-5,8-9H2,(H,16,17). The lowest BCUT2D eigenvalue weighted by molar-refractivity contribution is 0.0702. The smallest absolute Gasteiger partial charge is 0.345 e. The van der Waals surface area contributed by atoms with Crippen LogP contribution >= 0.6 is 11.3 Å². The van der Waals surface area contributed by atoms with Crippen LogP contribution in [0.25, 0.3) is 0 Å². The van der Waals surface area contributed by atoms with Gasteiger partial charge in [0.05, 0.1) is 0 Å². The molecule has 0 amide bonds. The molecule has 0 fully saturated rings. The second-order valence-corrected chi connectivity index (χ2v) is 5.43. The van der Waals surface area contributed by atoms with Gasteiger partial charge < -0.3 is 5.11 Å². The van der Waals surface area contributed by atoms with Crippen molar-refractivity contribution in [3.63, 3.8) is 0 Å². The maximum absolute atomic E-state index is 10.7. The van der Waals surface area contributed by atoms with Gasteiger partial charge in [0.15, 0.2) is 0 Å². The fourth-order valence-corrected chi connectivity index (χ4v) is 2.79. The summed E-state index contributed by atoms with van der Waals surface area (Å²) in [6.07, 6.45) is 4.32. The molecule has 0 saturated carbocycles. The lowest BCUT2D eigenvalue weighted by atomic mass is 10.1. The number of carbonyl (C=O) groups is 1. The number of rotatable bonds is 6. The number of aryl methyl sites for hydroxylation is 2. The Bertz CT molecular complexity index is 502. The van der Waals surface area contributed by atoms with E-state index in [1.54, 1.807) is 6.07 Å². The van der Waals surface area contributed by atoms with Crippen LogP contribution in [-0.2, 0) is 12.8 Å². The van der Waals surface area contributed by atoms with Crippen molar-refractivity contribution < 1.29 is 9.90 Å². The summed E-state index contributed by atoms with van der Waals surface area (Å²) in [5.74, 6) is -0.824. The maximum Gasteiger partial charge on any atom is 0.345 e. The van der Waals surface area contributed by atoms with E-state index in [0.29, 0.717) is 4.88 Å². The van der Waals surface area contributed by atoms with Crippen LogP contribution in [0.15, 0.2) is 42.5 Å². The first-order valence-electron chi connectivity index (χ1n) is 6.11. The van der Waals surface area contributed by atoms with Crippen LogP contribution in [0.5, 0.6) is 0 Å². The van der Waals surface area contributed by atoms with Gasteiger partial charge in [-0.2, -0.15) is 0 Å². The molecule has 0 aliphatic carbocycles.